The minimum atomic E-state index is -0.588. The van der Waals surface area contributed by atoms with Crippen molar-refractivity contribution < 1.29 is 13.6 Å². The number of halogens is 2. The van der Waals surface area contributed by atoms with Crippen molar-refractivity contribution in [1.82, 2.24) is 0 Å². The number of carbonyl (C=O) groups excluding carboxylic acids is 1. The summed E-state index contributed by atoms with van der Waals surface area (Å²) in [6.45, 7) is 0. The Kier molecular flexibility index (Phi) is 4.59. The first-order valence-corrected chi connectivity index (χ1v) is 9.29. The topological polar surface area (TPSA) is 50.5 Å². The van der Waals surface area contributed by atoms with Crippen LogP contribution in [0.2, 0.25) is 5.02 Å². The Bertz CT molecular complexity index is 1210. The van der Waals surface area contributed by atoms with Crippen LogP contribution in [-0.4, -0.2) is 10.2 Å². The molecule has 8 heteroatoms. The molecule has 1 saturated heterocycles. The van der Waals surface area contributed by atoms with Crippen LogP contribution in [0.5, 0.6) is 0 Å². The van der Waals surface area contributed by atoms with Gasteiger partial charge in [0.05, 0.1) is 26.6 Å². The van der Waals surface area contributed by atoms with Crippen LogP contribution in [0.25, 0.3) is 17.0 Å². The van der Waals surface area contributed by atoms with E-state index >= 15 is 0 Å². The molecule has 1 amide bonds. The van der Waals surface area contributed by atoms with Crippen molar-refractivity contribution in [3.8, 4) is 0 Å². The number of fused-ring (bicyclic) bond motifs is 1. The molecule has 1 fully saturated rings. The smallest absolute Gasteiger partial charge is 0.270 e. The van der Waals surface area contributed by atoms with Gasteiger partial charge in [-0.15, -0.1) is 0 Å². The zero-order valence-electron chi connectivity index (χ0n) is 13.4. The minimum absolute atomic E-state index is 0.110. The summed E-state index contributed by atoms with van der Waals surface area (Å²) in [6, 6.07) is 10.8. The fourth-order valence-corrected chi connectivity index (χ4v) is 4.11. The van der Waals surface area contributed by atoms with Crippen LogP contribution in [-0.2, 0) is 4.79 Å². The molecular formula is C19H9ClFNO3S2. The second kappa shape index (κ2) is 6.92. The number of carbonyl (C=O) groups is 1. The Morgan fingerprint density at radius 1 is 1.19 bits per heavy atom. The van der Waals surface area contributed by atoms with Crippen molar-refractivity contribution in [3.05, 3.63) is 80.3 Å². The number of amides is 1. The van der Waals surface area contributed by atoms with Crippen molar-refractivity contribution in [2.45, 2.75) is 0 Å². The maximum atomic E-state index is 13.4. The number of thiocarbonyl (C=S) groups is 1. The third kappa shape index (κ3) is 3.18. The Labute approximate surface area is 167 Å². The van der Waals surface area contributed by atoms with Crippen LogP contribution >= 0.6 is 35.6 Å². The fraction of sp³-hybridized carbons (Fsp3) is 0. The first-order chi connectivity index (χ1) is 13.0. The standard InChI is InChI=1S/C19H9ClFNO3S2/c20-13-8-11(5-6-14(13)21)22-18(24)16(27-19(22)26)7-10-9-25-15-4-2-1-3-12(15)17(10)23/h1-9H/b16-7-. The van der Waals surface area contributed by atoms with Crippen molar-refractivity contribution in [2.75, 3.05) is 4.90 Å². The third-order valence-corrected chi connectivity index (χ3v) is 5.54. The highest BCUT2D eigenvalue weighted by Crippen LogP contribution is 2.37. The molecule has 1 aromatic heterocycles. The molecule has 0 saturated carbocycles. The van der Waals surface area contributed by atoms with Crippen molar-refractivity contribution in [2.24, 2.45) is 0 Å². The molecule has 4 rings (SSSR count). The van der Waals surface area contributed by atoms with E-state index in [4.69, 9.17) is 28.2 Å². The molecule has 0 spiro atoms. The van der Waals surface area contributed by atoms with Crippen LogP contribution in [0.1, 0.15) is 5.56 Å². The van der Waals surface area contributed by atoms with Crippen LogP contribution < -0.4 is 10.3 Å². The number of rotatable bonds is 2. The highest BCUT2D eigenvalue weighted by atomic mass is 35.5. The van der Waals surface area contributed by atoms with E-state index in [2.05, 4.69) is 0 Å². The lowest BCUT2D eigenvalue weighted by Gasteiger charge is -2.14. The van der Waals surface area contributed by atoms with Gasteiger partial charge in [0.25, 0.3) is 5.91 Å². The molecule has 27 heavy (non-hydrogen) atoms. The zero-order valence-corrected chi connectivity index (χ0v) is 15.8. The van der Waals surface area contributed by atoms with Gasteiger partial charge in [-0.05, 0) is 36.4 Å². The quantitative estimate of drug-likeness (QED) is 0.434. The van der Waals surface area contributed by atoms with E-state index in [9.17, 15) is 14.0 Å². The first kappa shape index (κ1) is 17.9. The Morgan fingerprint density at radius 3 is 2.74 bits per heavy atom. The molecule has 0 aliphatic carbocycles. The van der Waals surface area contributed by atoms with Gasteiger partial charge in [0.1, 0.15) is 17.7 Å². The average Bonchev–Trinajstić information content (AvgIpc) is 2.93. The second-order valence-corrected chi connectivity index (χ2v) is 7.71. The summed E-state index contributed by atoms with van der Waals surface area (Å²) in [4.78, 5) is 26.9. The molecular weight excluding hydrogens is 409 g/mol. The highest BCUT2D eigenvalue weighted by Gasteiger charge is 2.33. The molecule has 0 radical (unpaired) electrons. The van der Waals surface area contributed by atoms with Crippen molar-refractivity contribution >= 4 is 68.5 Å². The Balaban J connectivity index is 1.74. The molecule has 2 aromatic carbocycles. The largest absolute Gasteiger partial charge is 0.463 e. The van der Waals surface area contributed by atoms with Gasteiger partial charge in [0.15, 0.2) is 9.75 Å². The van der Waals surface area contributed by atoms with Gasteiger partial charge in [0.2, 0.25) is 0 Å². The van der Waals surface area contributed by atoms with Crippen LogP contribution in [0.4, 0.5) is 10.1 Å². The third-order valence-electron chi connectivity index (χ3n) is 3.95. The van der Waals surface area contributed by atoms with Crippen LogP contribution in [0, 0.1) is 5.82 Å². The lowest BCUT2D eigenvalue weighted by Crippen LogP contribution is -2.27. The first-order valence-electron chi connectivity index (χ1n) is 7.69. The van der Waals surface area contributed by atoms with E-state index in [0.717, 1.165) is 17.8 Å². The summed E-state index contributed by atoms with van der Waals surface area (Å²) in [7, 11) is 0. The lowest BCUT2D eigenvalue weighted by molar-refractivity contribution is -0.113. The maximum absolute atomic E-state index is 13.4. The van der Waals surface area contributed by atoms with Crippen LogP contribution in [0.15, 0.2) is 62.8 Å². The maximum Gasteiger partial charge on any atom is 0.270 e. The summed E-state index contributed by atoms with van der Waals surface area (Å²) >= 11 is 12.1. The highest BCUT2D eigenvalue weighted by molar-refractivity contribution is 8.27. The number of hydrogen-bond donors (Lipinski definition) is 0. The molecule has 0 N–H and O–H groups in total. The summed E-state index contributed by atoms with van der Waals surface area (Å²) < 4.78 is 19.1. The average molecular weight is 418 g/mol. The predicted octanol–water partition coefficient (Wildman–Crippen LogP) is 4.99. The molecule has 0 atom stereocenters. The van der Waals surface area contributed by atoms with Gasteiger partial charge >= 0.3 is 0 Å². The van der Waals surface area contributed by atoms with Gasteiger partial charge in [-0.25, -0.2) is 4.39 Å². The van der Waals surface area contributed by atoms with Gasteiger partial charge in [-0.3, -0.25) is 14.5 Å². The zero-order chi connectivity index (χ0) is 19.1. The van der Waals surface area contributed by atoms with Crippen LogP contribution in [0.3, 0.4) is 0 Å². The van der Waals surface area contributed by atoms with Gasteiger partial charge in [-0.1, -0.05) is 47.7 Å². The Hall–Kier alpha value is -2.48. The van der Waals surface area contributed by atoms with E-state index < -0.39 is 11.7 Å². The van der Waals surface area contributed by atoms with E-state index in [1.54, 1.807) is 24.3 Å². The number of anilines is 1. The normalized spacial score (nSPS) is 15.9. The predicted molar refractivity (Wildman–Crippen MR) is 110 cm³/mol. The number of nitrogens with zero attached hydrogens (tertiary/aromatic N) is 1. The Morgan fingerprint density at radius 2 is 1.96 bits per heavy atom. The van der Waals surface area contributed by atoms with E-state index in [-0.39, 0.29) is 25.2 Å². The molecule has 2 heterocycles. The SMILES string of the molecule is O=C1/C(=C/c2coc3ccccc3c2=O)SC(=S)N1c1ccc(F)c(Cl)c1. The number of thioether (sulfide) groups is 1. The number of hydrogen-bond acceptors (Lipinski definition) is 5. The molecule has 0 bridgehead atoms. The molecule has 4 nitrogen and oxygen atoms in total. The van der Waals surface area contributed by atoms with Gasteiger partial charge in [0, 0.05) is 0 Å². The number of para-hydroxylation sites is 1. The van der Waals surface area contributed by atoms with Crippen molar-refractivity contribution in [3.63, 3.8) is 0 Å². The molecule has 1 aliphatic heterocycles. The van der Waals surface area contributed by atoms with Crippen molar-refractivity contribution in [1.29, 1.82) is 0 Å². The molecule has 3 aromatic rings. The monoisotopic (exact) mass is 417 g/mol. The van der Waals surface area contributed by atoms with Gasteiger partial charge in [-0.2, -0.15) is 0 Å². The lowest BCUT2D eigenvalue weighted by atomic mass is 10.1. The van der Waals surface area contributed by atoms with E-state index in [1.165, 1.54) is 29.4 Å². The summed E-state index contributed by atoms with van der Waals surface area (Å²) in [5, 5.41) is 0.313. The number of benzene rings is 2. The fourth-order valence-electron chi connectivity index (χ4n) is 2.65. The molecule has 0 unspecified atom stereocenters. The second-order valence-electron chi connectivity index (χ2n) is 5.63. The summed E-state index contributed by atoms with van der Waals surface area (Å²) in [6.07, 6.45) is 2.76. The molecule has 1 aliphatic rings. The summed E-state index contributed by atoms with van der Waals surface area (Å²) in [5.74, 6) is -1.00. The van der Waals surface area contributed by atoms with E-state index in [1.807, 2.05) is 0 Å². The van der Waals surface area contributed by atoms with Gasteiger partial charge < -0.3 is 4.42 Å². The molecule has 134 valence electrons. The van der Waals surface area contributed by atoms with E-state index in [0.29, 0.717) is 16.7 Å². The minimum Gasteiger partial charge on any atom is -0.463 e. The summed E-state index contributed by atoms with van der Waals surface area (Å²) in [5.41, 5.74) is 0.823.